The Morgan fingerprint density at radius 2 is 1.67 bits per heavy atom. The van der Waals surface area contributed by atoms with Gasteiger partial charge in [0.1, 0.15) is 5.75 Å². The second-order valence-electron chi connectivity index (χ2n) is 4.82. The maximum Gasteiger partial charge on any atom is 0.194 e. The fourth-order valence-corrected chi connectivity index (χ4v) is 2.60. The standard InChI is InChI=1S/C16H15Cl2NO2/c1-8-4-9(2)14(19)6-10(8)16(20)11-5-13(18)15(21-3)7-12(11)17/h4-7H,19H2,1-3H3. The van der Waals surface area contributed by atoms with Gasteiger partial charge in [0.05, 0.1) is 17.2 Å². The molecule has 0 aromatic heterocycles. The van der Waals surface area contributed by atoms with E-state index < -0.39 is 0 Å². The zero-order valence-electron chi connectivity index (χ0n) is 12.0. The van der Waals surface area contributed by atoms with Gasteiger partial charge in [-0.05, 0) is 37.1 Å². The lowest BCUT2D eigenvalue weighted by molar-refractivity contribution is 0.103. The molecule has 0 aliphatic heterocycles. The molecule has 2 rings (SSSR count). The number of carbonyl (C=O) groups is 1. The number of carbonyl (C=O) groups excluding carboxylic acids is 1. The molecule has 21 heavy (non-hydrogen) atoms. The van der Waals surface area contributed by atoms with Gasteiger partial charge in [-0.3, -0.25) is 4.79 Å². The first kappa shape index (κ1) is 15.7. The molecular weight excluding hydrogens is 309 g/mol. The van der Waals surface area contributed by atoms with Crippen LogP contribution >= 0.6 is 23.2 Å². The Labute approximate surface area is 133 Å². The number of ether oxygens (including phenoxy) is 1. The molecule has 2 N–H and O–H groups in total. The number of hydrogen-bond acceptors (Lipinski definition) is 3. The highest BCUT2D eigenvalue weighted by molar-refractivity contribution is 6.37. The van der Waals surface area contributed by atoms with Crippen molar-refractivity contribution >= 4 is 34.7 Å². The predicted molar refractivity (Wildman–Crippen MR) is 86.8 cm³/mol. The summed E-state index contributed by atoms with van der Waals surface area (Å²) in [7, 11) is 1.49. The van der Waals surface area contributed by atoms with Gasteiger partial charge in [-0.2, -0.15) is 0 Å². The van der Waals surface area contributed by atoms with E-state index in [1.165, 1.54) is 19.2 Å². The topological polar surface area (TPSA) is 52.3 Å². The average Bonchev–Trinajstić information content (AvgIpc) is 2.44. The molecule has 0 aliphatic rings. The minimum atomic E-state index is -0.214. The van der Waals surface area contributed by atoms with Crippen molar-refractivity contribution in [3.05, 3.63) is 56.6 Å². The van der Waals surface area contributed by atoms with Crippen LogP contribution < -0.4 is 10.5 Å². The molecule has 0 saturated heterocycles. The Morgan fingerprint density at radius 3 is 2.29 bits per heavy atom. The molecule has 0 heterocycles. The van der Waals surface area contributed by atoms with Gasteiger partial charge >= 0.3 is 0 Å². The minimum Gasteiger partial charge on any atom is -0.495 e. The smallest absolute Gasteiger partial charge is 0.194 e. The summed E-state index contributed by atoms with van der Waals surface area (Å²) in [6.45, 7) is 3.76. The van der Waals surface area contributed by atoms with Crippen LogP contribution in [0.2, 0.25) is 10.0 Å². The van der Waals surface area contributed by atoms with Crippen LogP contribution in [0.3, 0.4) is 0 Å². The Morgan fingerprint density at radius 1 is 1.00 bits per heavy atom. The van der Waals surface area contributed by atoms with Crippen molar-refractivity contribution in [1.29, 1.82) is 0 Å². The molecule has 2 aromatic carbocycles. The number of hydrogen-bond donors (Lipinski definition) is 1. The number of nitrogen functional groups attached to an aromatic ring is 1. The second kappa shape index (κ2) is 5.96. The number of halogens is 2. The lowest BCUT2D eigenvalue weighted by atomic mass is 9.96. The summed E-state index contributed by atoms with van der Waals surface area (Å²) in [5, 5.41) is 0.628. The summed E-state index contributed by atoms with van der Waals surface area (Å²) in [5.74, 6) is 0.215. The molecule has 5 heteroatoms. The first-order valence-corrected chi connectivity index (χ1v) is 7.05. The number of nitrogens with two attached hydrogens (primary N) is 1. The third kappa shape index (κ3) is 2.99. The van der Waals surface area contributed by atoms with Crippen molar-refractivity contribution in [2.24, 2.45) is 0 Å². The van der Waals surface area contributed by atoms with Crippen LogP contribution in [0, 0.1) is 13.8 Å². The van der Waals surface area contributed by atoms with Crippen LogP contribution in [-0.4, -0.2) is 12.9 Å². The van der Waals surface area contributed by atoms with Gasteiger partial charge in [0.2, 0.25) is 0 Å². The monoisotopic (exact) mass is 323 g/mol. The molecule has 0 atom stereocenters. The van der Waals surface area contributed by atoms with Crippen molar-refractivity contribution in [3.63, 3.8) is 0 Å². The van der Waals surface area contributed by atoms with Crippen molar-refractivity contribution < 1.29 is 9.53 Å². The van der Waals surface area contributed by atoms with Gasteiger partial charge in [-0.15, -0.1) is 0 Å². The number of anilines is 1. The van der Waals surface area contributed by atoms with Crippen molar-refractivity contribution in [3.8, 4) is 5.75 Å². The fourth-order valence-electron chi connectivity index (χ4n) is 2.12. The highest BCUT2D eigenvalue weighted by Gasteiger charge is 2.18. The van der Waals surface area contributed by atoms with Crippen molar-refractivity contribution in [2.45, 2.75) is 13.8 Å². The molecular formula is C16H15Cl2NO2. The summed E-state index contributed by atoms with van der Waals surface area (Å²) in [5.41, 5.74) is 9.08. The van der Waals surface area contributed by atoms with Gasteiger partial charge in [-0.25, -0.2) is 0 Å². The number of methoxy groups -OCH3 is 1. The highest BCUT2D eigenvalue weighted by Crippen LogP contribution is 2.33. The number of benzene rings is 2. The summed E-state index contributed by atoms with van der Waals surface area (Å²) in [6, 6.07) is 6.59. The Bertz CT molecular complexity index is 727. The lowest BCUT2D eigenvalue weighted by Crippen LogP contribution is -2.07. The highest BCUT2D eigenvalue weighted by atomic mass is 35.5. The molecule has 0 aliphatic carbocycles. The first-order valence-electron chi connectivity index (χ1n) is 6.29. The molecule has 0 radical (unpaired) electrons. The van der Waals surface area contributed by atoms with Gasteiger partial charge in [0.15, 0.2) is 5.78 Å². The summed E-state index contributed by atoms with van der Waals surface area (Å²) in [6.07, 6.45) is 0. The third-order valence-corrected chi connectivity index (χ3v) is 3.95. The SMILES string of the molecule is COc1cc(Cl)c(C(=O)c2cc(N)c(C)cc2C)cc1Cl. The molecule has 0 amide bonds. The quantitative estimate of drug-likeness (QED) is 0.671. The molecule has 0 spiro atoms. The lowest BCUT2D eigenvalue weighted by Gasteiger charge is -2.11. The predicted octanol–water partition coefficient (Wildman–Crippen LogP) is 4.43. The van der Waals surface area contributed by atoms with E-state index in [-0.39, 0.29) is 5.78 Å². The molecule has 3 nitrogen and oxygen atoms in total. The normalized spacial score (nSPS) is 10.5. The second-order valence-corrected chi connectivity index (χ2v) is 5.63. The maximum absolute atomic E-state index is 12.7. The molecule has 0 saturated carbocycles. The largest absolute Gasteiger partial charge is 0.495 e. The van der Waals surface area contributed by atoms with Gasteiger partial charge in [0.25, 0.3) is 0 Å². The number of aryl methyl sites for hydroxylation is 2. The van der Waals surface area contributed by atoms with E-state index in [1.807, 2.05) is 19.9 Å². The van der Waals surface area contributed by atoms with E-state index in [9.17, 15) is 4.79 Å². The van der Waals surface area contributed by atoms with Crippen LogP contribution in [0.1, 0.15) is 27.0 Å². The number of rotatable bonds is 3. The molecule has 110 valence electrons. The molecule has 0 unspecified atom stereocenters. The first-order chi connectivity index (χ1) is 9.85. The fraction of sp³-hybridized carbons (Fsp3) is 0.188. The van der Waals surface area contributed by atoms with Crippen LogP contribution in [0.15, 0.2) is 24.3 Å². The average molecular weight is 324 g/mol. The summed E-state index contributed by atoms with van der Waals surface area (Å²) in [4.78, 5) is 12.7. The Balaban J connectivity index is 2.55. The van der Waals surface area contributed by atoms with Crippen LogP contribution in [-0.2, 0) is 0 Å². The van der Waals surface area contributed by atoms with Crippen molar-refractivity contribution in [1.82, 2.24) is 0 Å². The number of ketones is 1. The summed E-state index contributed by atoms with van der Waals surface area (Å²) >= 11 is 12.2. The van der Waals surface area contributed by atoms with E-state index in [0.717, 1.165) is 11.1 Å². The van der Waals surface area contributed by atoms with E-state index in [2.05, 4.69) is 0 Å². The van der Waals surface area contributed by atoms with E-state index in [0.29, 0.717) is 32.6 Å². The zero-order chi connectivity index (χ0) is 15.7. The van der Waals surface area contributed by atoms with Crippen LogP contribution in [0.25, 0.3) is 0 Å². The molecule has 0 bridgehead atoms. The van der Waals surface area contributed by atoms with E-state index in [1.54, 1.807) is 6.07 Å². The van der Waals surface area contributed by atoms with E-state index >= 15 is 0 Å². The van der Waals surface area contributed by atoms with Crippen LogP contribution in [0.4, 0.5) is 5.69 Å². The van der Waals surface area contributed by atoms with Crippen molar-refractivity contribution in [2.75, 3.05) is 12.8 Å². The molecule has 2 aromatic rings. The third-order valence-electron chi connectivity index (χ3n) is 3.34. The Kier molecular flexibility index (Phi) is 4.45. The van der Waals surface area contributed by atoms with Crippen LogP contribution in [0.5, 0.6) is 5.75 Å². The van der Waals surface area contributed by atoms with Gasteiger partial charge in [0, 0.05) is 22.9 Å². The zero-order valence-corrected chi connectivity index (χ0v) is 13.5. The van der Waals surface area contributed by atoms with Gasteiger partial charge < -0.3 is 10.5 Å². The molecule has 0 fully saturated rings. The minimum absolute atomic E-state index is 0.214. The summed E-state index contributed by atoms with van der Waals surface area (Å²) < 4.78 is 5.08. The maximum atomic E-state index is 12.7. The van der Waals surface area contributed by atoms with Gasteiger partial charge in [-0.1, -0.05) is 29.3 Å². The Hall–Kier alpha value is -1.71. The van der Waals surface area contributed by atoms with E-state index in [4.69, 9.17) is 33.7 Å².